The van der Waals surface area contributed by atoms with Crippen molar-refractivity contribution in [3.63, 3.8) is 0 Å². The van der Waals surface area contributed by atoms with E-state index in [-0.39, 0.29) is 34.0 Å². The molecule has 0 spiro atoms. The fourth-order valence-electron chi connectivity index (χ4n) is 4.54. The molecule has 0 bridgehead atoms. The molecular formula is C29H16F2N2O6. The van der Waals surface area contributed by atoms with Gasteiger partial charge in [0.05, 0.1) is 29.5 Å². The number of carboxylic acids is 1. The zero-order valence-electron chi connectivity index (χ0n) is 20.1. The Bertz CT molecular complexity index is 1840. The summed E-state index contributed by atoms with van der Waals surface area (Å²) in [5, 5.41) is 9.28. The fourth-order valence-corrected chi connectivity index (χ4v) is 4.54. The van der Waals surface area contributed by atoms with Crippen LogP contribution < -0.4 is 9.64 Å². The minimum Gasteiger partial charge on any atom is -0.495 e. The first-order valence-electron chi connectivity index (χ1n) is 11.5. The number of hydrogen-bond donors (Lipinski definition) is 1. The number of carbonyl (C=O) groups is 3. The number of nitrogens with zero attached hydrogens (tertiary/aromatic N) is 2. The summed E-state index contributed by atoms with van der Waals surface area (Å²) in [6.45, 7) is 0. The van der Waals surface area contributed by atoms with Crippen LogP contribution in [0.25, 0.3) is 33.7 Å². The highest BCUT2D eigenvalue weighted by molar-refractivity contribution is 6.35. The van der Waals surface area contributed by atoms with Gasteiger partial charge in [-0.2, -0.15) is 0 Å². The Morgan fingerprint density at radius 2 is 1.56 bits per heavy atom. The smallest absolute Gasteiger partial charge is 0.335 e. The second-order valence-corrected chi connectivity index (χ2v) is 8.76. The topological polar surface area (TPSA) is 110 Å². The molecular weight excluding hydrogens is 510 g/mol. The van der Waals surface area contributed by atoms with Crippen molar-refractivity contribution in [3.8, 4) is 28.3 Å². The van der Waals surface area contributed by atoms with Gasteiger partial charge < -0.3 is 14.3 Å². The Balaban J connectivity index is 1.40. The fraction of sp³-hybridized carbons (Fsp3) is 0.0345. The number of anilines is 1. The number of fused-ring (bicyclic) bond motifs is 2. The van der Waals surface area contributed by atoms with Gasteiger partial charge in [-0.1, -0.05) is 6.07 Å². The average molecular weight is 526 g/mol. The first kappa shape index (κ1) is 24.0. The molecule has 0 saturated carbocycles. The number of amides is 2. The molecule has 4 aromatic carbocycles. The maximum absolute atomic E-state index is 13.7. The van der Waals surface area contributed by atoms with Crippen molar-refractivity contribution in [1.82, 2.24) is 4.98 Å². The minimum atomic E-state index is -1.22. The molecule has 0 atom stereocenters. The molecule has 8 nitrogen and oxygen atoms in total. The largest absolute Gasteiger partial charge is 0.495 e. The number of halogens is 2. The second-order valence-electron chi connectivity index (χ2n) is 8.76. The highest BCUT2D eigenvalue weighted by Gasteiger charge is 2.39. The molecule has 39 heavy (non-hydrogen) atoms. The summed E-state index contributed by atoms with van der Waals surface area (Å²) in [5.74, 6) is -3.57. The monoisotopic (exact) mass is 526 g/mol. The van der Waals surface area contributed by atoms with Crippen LogP contribution in [0, 0.1) is 11.6 Å². The van der Waals surface area contributed by atoms with Crippen LogP contribution in [0.3, 0.4) is 0 Å². The van der Waals surface area contributed by atoms with Gasteiger partial charge in [-0.15, -0.1) is 0 Å². The molecule has 2 amide bonds. The number of aromatic carboxylic acids is 1. The number of oxazole rings is 1. The molecule has 0 saturated heterocycles. The Hall–Kier alpha value is -5.38. The van der Waals surface area contributed by atoms with Gasteiger partial charge in [0.25, 0.3) is 11.8 Å². The predicted octanol–water partition coefficient (Wildman–Crippen LogP) is 5.95. The van der Waals surface area contributed by atoms with E-state index in [1.807, 2.05) is 0 Å². The first-order valence-corrected chi connectivity index (χ1v) is 11.5. The van der Waals surface area contributed by atoms with Gasteiger partial charge in [-0.05, 0) is 71.8 Å². The second kappa shape index (κ2) is 8.88. The third-order valence-electron chi connectivity index (χ3n) is 6.38. The maximum atomic E-state index is 13.7. The number of rotatable bonds is 5. The van der Waals surface area contributed by atoms with Crippen LogP contribution in [-0.2, 0) is 0 Å². The zero-order chi connectivity index (χ0) is 27.4. The summed E-state index contributed by atoms with van der Waals surface area (Å²) in [4.78, 5) is 43.2. The molecule has 0 radical (unpaired) electrons. The highest BCUT2D eigenvalue weighted by atomic mass is 19.1. The average Bonchev–Trinajstić information content (AvgIpc) is 3.45. The van der Waals surface area contributed by atoms with Gasteiger partial charge in [0.1, 0.15) is 22.9 Å². The number of benzene rings is 4. The molecule has 0 aliphatic carbocycles. The lowest BCUT2D eigenvalue weighted by molar-refractivity contribution is 0.0696. The number of ether oxygens (including phenoxy) is 1. The van der Waals surface area contributed by atoms with Crippen LogP contribution in [0.4, 0.5) is 14.5 Å². The summed E-state index contributed by atoms with van der Waals surface area (Å²) in [5.41, 5.74) is 2.15. The molecule has 1 aliphatic rings. The van der Waals surface area contributed by atoms with Crippen LogP contribution in [0.15, 0.2) is 77.2 Å². The van der Waals surface area contributed by atoms with Crippen molar-refractivity contribution in [2.75, 3.05) is 12.0 Å². The molecule has 0 fully saturated rings. The van der Waals surface area contributed by atoms with Gasteiger partial charge in [-0.3, -0.25) is 9.59 Å². The van der Waals surface area contributed by atoms with Crippen LogP contribution in [0.1, 0.15) is 31.1 Å². The molecule has 1 aliphatic heterocycles. The van der Waals surface area contributed by atoms with E-state index in [0.717, 1.165) is 17.0 Å². The van der Waals surface area contributed by atoms with E-state index in [9.17, 15) is 28.3 Å². The van der Waals surface area contributed by atoms with E-state index >= 15 is 0 Å². The number of methoxy groups -OCH3 is 1. The number of carboxylic acid groups (broad SMARTS) is 1. The van der Waals surface area contributed by atoms with Gasteiger partial charge in [0, 0.05) is 11.6 Å². The highest BCUT2D eigenvalue weighted by Crippen LogP contribution is 2.39. The summed E-state index contributed by atoms with van der Waals surface area (Å²) in [6, 6.07) is 16.5. The SMILES string of the molecule is COc1ccc(-c2nc3cc(-c4cc(F)cc(F)c4)ccc3o2)cc1N1C(=O)c2ccc(C(=O)O)cc2C1=O. The summed E-state index contributed by atoms with van der Waals surface area (Å²) in [7, 11) is 1.38. The lowest BCUT2D eigenvalue weighted by Gasteiger charge is -2.18. The van der Waals surface area contributed by atoms with Crippen LogP contribution >= 0.6 is 0 Å². The van der Waals surface area contributed by atoms with Crippen molar-refractivity contribution < 1.29 is 37.4 Å². The summed E-state index contributed by atoms with van der Waals surface area (Å²) >= 11 is 0. The minimum absolute atomic E-state index is 0.0319. The summed E-state index contributed by atoms with van der Waals surface area (Å²) < 4.78 is 38.7. The van der Waals surface area contributed by atoms with Crippen LogP contribution in [-0.4, -0.2) is 35.0 Å². The van der Waals surface area contributed by atoms with E-state index in [1.165, 1.54) is 37.4 Å². The number of aromatic nitrogens is 1. The van der Waals surface area contributed by atoms with Gasteiger partial charge in [0.2, 0.25) is 5.89 Å². The van der Waals surface area contributed by atoms with Crippen molar-refractivity contribution in [2.45, 2.75) is 0 Å². The van der Waals surface area contributed by atoms with Crippen LogP contribution in [0.2, 0.25) is 0 Å². The zero-order valence-corrected chi connectivity index (χ0v) is 20.1. The Morgan fingerprint density at radius 1 is 0.846 bits per heavy atom. The molecule has 5 aromatic rings. The number of hydrogen-bond acceptors (Lipinski definition) is 6. The third kappa shape index (κ3) is 3.98. The van der Waals surface area contributed by atoms with E-state index in [2.05, 4.69) is 4.98 Å². The van der Waals surface area contributed by atoms with Crippen LogP contribution in [0.5, 0.6) is 5.75 Å². The third-order valence-corrected chi connectivity index (χ3v) is 6.38. The molecule has 1 N–H and O–H groups in total. The van der Waals surface area contributed by atoms with Crippen molar-refractivity contribution in [3.05, 3.63) is 101 Å². The maximum Gasteiger partial charge on any atom is 0.335 e. The molecule has 1 aromatic heterocycles. The summed E-state index contributed by atoms with van der Waals surface area (Å²) in [6.07, 6.45) is 0. The van der Waals surface area contributed by atoms with Crippen molar-refractivity contribution in [2.24, 2.45) is 0 Å². The standard InChI is InChI=1S/C29H16F2N2O6/c1-38-25-7-4-15(12-23(25)33-27(34)20-5-2-16(29(36)37)10-21(20)28(33)35)26-32-22-11-14(3-6-24(22)39-26)17-8-18(30)13-19(31)9-17/h2-13H,1H3,(H,36,37). The lowest BCUT2D eigenvalue weighted by atomic mass is 10.1. The number of carbonyl (C=O) groups excluding carboxylic acids is 2. The van der Waals surface area contributed by atoms with E-state index < -0.39 is 29.4 Å². The molecule has 6 rings (SSSR count). The quantitative estimate of drug-likeness (QED) is 0.282. The molecule has 192 valence electrons. The lowest BCUT2D eigenvalue weighted by Crippen LogP contribution is -2.29. The van der Waals surface area contributed by atoms with Crippen molar-refractivity contribution >= 4 is 34.6 Å². The van der Waals surface area contributed by atoms with E-state index in [1.54, 1.807) is 30.3 Å². The Labute approximate surface area is 218 Å². The van der Waals surface area contributed by atoms with E-state index in [4.69, 9.17) is 9.15 Å². The predicted molar refractivity (Wildman–Crippen MR) is 136 cm³/mol. The normalized spacial score (nSPS) is 12.7. The van der Waals surface area contributed by atoms with Gasteiger partial charge >= 0.3 is 5.97 Å². The molecule has 0 unspecified atom stereocenters. The first-order chi connectivity index (χ1) is 18.7. The molecule has 10 heteroatoms. The van der Waals surface area contributed by atoms with E-state index in [0.29, 0.717) is 27.8 Å². The number of imide groups is 1. The van der Waals surface area contributed by atoms with Gasteiger partial charge in [0.15, 0.2) is 5.58 Å². The van der Waals surface area contributed by atoms with Crippen molar-refractivity contribution in [1.29, 1.82) is 0 Å². The Morgan fingerprint density at radius 3 is 2.28 bits per heavy atom. The van der Waals surface area contributed by atoms with Gasteiger partial charge in [-0.25, -0.2) is 23.5 Å². The Kier molecular flexibility index (Phi) is 5.46. The molecule has 2 heterocycles.